The van der Waals surface area contributed by atoms with Crippen LogP contribution in [0.1, 0.15) is 29.0 Å². The minimum atomic E-state index is -0.638. The predicted molar refractivity (Wildman–Crippen MR) is 109 cm³/mol. The highest BCUT2D eigenvalue weighted by Crippen LogP contribution is 2.44. The molecule has 6 heteroatoms. The van der Waals surface area contributed by atoms with Gasteiger partial charge in [-0.2, -0.15) is 0 Å². The molecule has 5 nitrogen and oxygen atoms in total. The molecule has 144 valence electrons. The van der Waals surface area contributed by atoms with Crippen molar-refractivity contribution in [2.24, 2.45) is 0 Å². The number of thiazole rings is 1. The second kappa shape index (κ2) is 8.12. The zero-order valence-corrected chi connectivity index (χ0v) is 16.4. The van der Waals surface area contributed by atoms with E-state index in [1.165, 1.54) is 38.5 Å². The Morgan fingerprint density at radius 3 is 2.39 bits per heavy atom. The summed E-state index contributed by atoms with van der Waals surface area (Å²) in [6.07, 6.45) is 0.636. The van der Waals surface area contributed by atoms with Gasteiger partial charge in [0.15, 0.2) is 0 Å². The summed E-state index contributed by atoms with van der Waals surface area (Å²) in [5.41, 5.74) is 4.75. The number of rotatable bonds is 6. The Labute approximate surface area is 168 Å². The molecule has 0 saturated heterocycles. The summed E-state index contributed by atoms with van der Waals surface area (Å²) in [5.74, 6) is 0.0182. The van der Waals surface area contributed by atoms with Crippen molar-refractivity contribution in [1.82, 2.24) is 9.88 Å². The molecule has 0 fully saturated rings. The van der Waals surface area contributed by atoms with E-state index in [1.54, 1.807) is 13.1 Å². The van der Waals surface area contributed by atoms with Crippen LogP contribution in [0, 0.1) is 0 Å². The number of aliphatic hydroxyl groups is 1. The summed E-state index contributed by atoms with van der Waals surface area (Å²) in [6.45, 7) is 2.46. The van der Waals surface area contributed by atoms with Gasteiger partial charge in [0, 0.05) is 17.5 Å². The molecule has 1 N–H and O–H groups in total. The molecule has 1 aromatic heterocycles. The number of ether oxygens (including phenoxy) is 1. The van der Waals surface area contributed by atoms with Gasteiger partial charge < -0.3 is 9.84 Å². The van der Waals surface area contributed by atoms with Crippen LogP contribution in [0.4, 0.5) is 4.79 Å². The second-order valence-corrected chi connectivity index (χ2v) is 7.94. The Kier molecular flexibility index (Phi) is 5.41. The smallest absolute Gasteiger partial charge is 0.410 e. The molecule has 0 bridgehead atoms. The molecule has 1 heterocycles. The molecular formula is C22H22N2O3S. The summed E-state index contributed by atoms with van der Waals surface area (Å²) in [4.78, 5) is 18.5. The molecule has 1 atom stereocenters. The van der Waals surface area contributed by atoms with Crippen molar-refractivity contribution < 1.29 is 14.6 Å². The van der Waals surface area contributed by atoms with Crippen LogP contribution < -0.4 is 0 Å². The summed E-state index contributed by atoms with van der Waals surface area (Å²) >= 11 is 1.48. The molecule has 2 aromatic carbocycles. The van der Waals surface area contributed by atoms with Crippen LogP contribution in [0.15, 0.2) is 60.1 Å². The van der Waals surface area contributed by atoms with Crippen LogP contribution in [-0.2, 0) is 11.3 Å². The Morgan fingerprint density at radius 1 is 1.18 bits per heavy atom. The number of aromatic nitrogens is 1. The van der Waals surface area contributed by atoms with Gasteiger partial charge in [-0.15, -0.1) is 11.3 Å². The maximum atomic E-state index is 12.8. The number of amides is 1. The first kappa shape index (κ1) is 18.7. The van der Waals surface area contributed by atoms with Gasteiger partial charge in [-0.25, -0.2) is 9.78 Å². The molecule has 3 aromatic rings. The second-order valence-electron chi connectivity index (χ2n) is 6.96. The van der Waals surface area contributed by atoms with Crippen LogP contribution in [0.3, 0.4) is 0 Å². The number of hydrogen-bond acceptors (Lipinski definition) is 5. The summed E-state index contributed by atoms with van der Waals surface area (Å²) in [7, 11) is 0. The molecule has 28 heavy (non-hydrogen) atoms. The van der Waals surface area contributed by atoms with E-state index >= 15 is 0 Å². The Morgan fingerprint density at radius 2 is 1.82 bits per heavy atom. The van der Waals surface area contributed by atoms with Crippen LogP contribution in [-0.4, -0.2) is 40.3 Å². The van der Waals surface area contributed by atoms with E-state index in [9.17, 15) is 9.90 Å². The van der Waals surface area contributed by atoms with Crippen molar-refractivity contribution >= 4 is 17.4 Å². The van der Waals surface area contributed by atoms with E-state index in [4.69, 9.17) is 4.74 Å². The average molecular weight is 394 g/mol. The highest BCUT2D eigenvalue weighted by Gasteiger charge is 2.30. The van der Waals surface area contributed by atoms with Gasteiger partial charge in [-0.05, 0) is 29.2 Å². The predicted octanol–water partition coefficient (Wildman–Crippen LogP) is 4.28. The molecule has 1 aliphatic carbocycles. The Hall–Kier alpha value is -2.70. The largest absolute Gasteiger partial charge is 0.448 e. The molecular weight excluding hydrogens is 372 g/mol. The van der Waals surface area contributed by atoms with Gasteiger partial charge in [-0.3, -0.25) is 4.90 Å². The number of carbonyl (C=O) groups is 1. The number of aliphatic hydroxyl groups excluding tert-OH is 1. The van der Waals surface area contributed by atoms with E-state index in [2.05, 4.69) is 29.2 Å². The van der Waals surface area contributed by atoms with Crippen molar-refractivity contribution in [1.29, 1.82) is 0 Å². The standard InChI is InChI=1S/C22H22N2O3S/c1-15(25)12-24(13-21-23-10-11-28-21)22(26)27-14-20-18-8-4-2-6-16(18)17-7-3-5-9-19(17)20/h2-11,15,20,25H,12-14H2,1H3. The van der Waals surface area contributed by atoms with Crippen LogP contribution in [0.5, 0.6) is 0 Å². The maximum absolute atomic E-state index is 12.8. The average Bonchev–Trinajstić information content (AvgIpc) is 3.31. The van der Waals surface area contributed by atoms with Crippen molar-refractivity contribution in [2.45, 2.75) is 25.5 Å². The molecule has 0 saturated carbocycles. The van der Waals surface area contributed by atoms with Crippen molar-refractivity contribution in [3.63, 3.8) is 0 Å². The quantitative estimate of drug-likeness (QED) is 0.678. The van der Waals surface area contributed by atoms with Gasteiger partial charge in [0.25, 0.3) is 0 Å². The molecule has 1 aliphatic rings. The van der Waals surface area contributed by atoms with Gasteiger partial charge >= 0.3 is 6.09 Å². The fraction of sp³-hybridized carbons (Fsp3) is 0.273. The van der Waals surface area contributed by atoms with E-state index in [0.717, 1.165) is 5.01 Å². The number of nitrogens with zero attached hydrogens (tertiary/aromatic N) is 2. The highest BCUT2D eigenvalue weighted by atomic mass is 32.1. The van der Waals surface area contributed by atoms with E-state index in [0.29, 0.717) is 6.54 Å². The van der Waals surface area contributed by atoms with Gasteiger partial charge in [0.1, 0.15) is 11.6 Å². The lowest BCUT2D eigenvalue weighted by molar-refractivity contribution is 0.0732. The number of hydrogen-bond donors (Lipinski definition) is 1. The summed E-state index contributed by atoms with van der Waals surface area (Å²) in [6, 6.07) is 16.5. The fourth-order valence-corrected chi connectivity index (χ4v) is 4.33. The number of benzene rings is 2. The summed E-state index contributed by atoms with van der Waals surface area (Å²) < 4.78 is 5.70. The van der Waals surface area contributed by atoms with Gasteiger partial charge in [-0.1, -0.05) is 48.5 Å². The van der Waals surface area contributed by atoms with Gasteiger partial charge in [0.05, 0.1) is 19.2 Å². The first-order valence-electron chi connectivity index (χ1n) is 9.30. The van der Waals surface area contributed by atoms with Crippen molar-refractivity contribution in [3.05, 3.63) is 76.2 Å². The first-order valence-corrected chi connectivity index (χ1v) is 10.2. The number of fused-ring (bicyclic) bond motifs is 3. The minimum Gasteiger partial charge on any atom is -0.448 e. The molecule has 0 aliphatic heterocycles. The maximum Gasteiger partial charge on any atom is 0.410 e. The Bertz CT molecular complexity index is 910. The zero-order chi connectivity index (χ0) is 19.5. The highest BCUT2D eigenvalue weighted by molar-refractivity contribution is 7.09. The third-order valence-electron chi connectivity index (χ3n) is 4.89. The SMILES string of the molecule is CC(O)CN(Cc1nccs1)C(=O)OCC1c2ccccc2-c2ccccc21. The topological polar surface area (TPSA) is 62.7 Å². The Balaban J connectivity index is 1.50. The molecule has 0 radical (unpaired) electrons. The van der Waals surface area contributed by atoms with Crippen molar-refractivity contribution in [3.8, 4) is 11.1 Å². The monoisotopic (exact) mass is 394 g/mol. The molecule has 1 amide bonds. The minimum absolute atomic E-state index is 0.0182. The fourth-order valence-electron chi connectivity index (χ4n) is 3.70. The third-order valence-corrected chi connectivity index (χ3v) is 5.65. The zero-order valence-electron chi connectivity index (χ0n) is 15.6. The third kappa shape index (κ3) is 3.79. The van der Waals surface area contributed by atoms with E-state index in [-0.39, 0.29) is 19.1 Å². The summed E-state index contributed by atoms with van der Waals surface area (Å²) in [5, 5.41) is 12.5. The van der Waals surface area contributed by atoms with Crippen molar-refractivity contribution in [2.75, 3.05) is 13.2 Å². The lowest BCUT2D eigenvalue weighted by Gasteiger charge is -2.23. The molecule has 0 spiro atoms. The first-order chi connectivity index (χ1) is 13.6. The molecule has 1 unspecified atom stereocenters. The number of carbonyl (C=O) groups excluding carboxylic acids is 1. The van der Waals surface area contributed by atoms with Crippen LogP contribution >= 0.6 is 11.3 Å². The molecule has 4 rings (SSSR count). The normalized spacial score (nSPS) is 13.6. The van der Waals surface area contributed by atoms with Crippen LogP contribution in [0.2, 0.25) is 0 Å². The lowest BCUT2D eigenvalue weighted by Crippen LogP contribution is -2.37. The van der Waals surface area contributed by atoms with Crippen LogP contribution in [0.25, 0.3) is 11.1 Å². The van der Waals surface area contributed by atoms with E-state index < -0.39 is 12.2 Å². The lowest BCUT2D eigenvalue weighted by atomic mass is 9.98. The van der Waals surface area contributed by atoms with E-state index in [1.807, 2.05) is 29.6 Å². The van der Waals surface area contributed by atoms with Gasteiger partial charge in [0.2, 0.25) is 0 Å².